The van der Waals surface area contributed by atoms with Crippen LogP contribution in [0.3, 0.4) is 0 Å². The van der Waals surface area contributed by atoms with E-state index in [9.17, 15) is 27.2 Å². The first-order valence-corrected chi connectivity index (χ1v) is 11.2. The minimum atomic E-state index is -4.43. The van der Waals surface area contributed by atoms with Gasteiger partial charge >= 0.3 is 6.18 Å². The molecule has 0 aliphatic carbocycles. The van der Waals surface area contributed by atoms with E-state index in [1.54, 1.807) is 4.90 Å². The largest absolute Gasteiger partial charge is 0.416 e. The molecule has 1 aliphatic rings. The Bertz CT molecular complexity index is 1450. The SMILES string of the molecule is O=C(c1ccc(F)cc1)N1CCC(c2nc3c(nnn3Cc3ccc(C(F)(F)F)cc3)c(=O)[nH]2)CC1. The van der Waals surface area contributed by atoms with Crippen molar-refractivity contribution in [3.05, 3.63) is 87.2 Å². The minimum absolute atomic E-state index is 0.0367. The van der Waals surface area contributed by atoms with Gasteiger partial charge in [0, 0.05) is 24.6 Å². The summed E-state index contributed by atoms with van der Waals surface area (Å²) < 4.78 is 53.0. The average molecular weight is 500 g/mol. The number of aromatic nitrogens is 5. The average Bonchev–Trinajstić information content (AvgIpc) is 3.27. The molecule has 5 rings (SSSR count). The Hall–Kier alpha value is -4.09. The molecule has 12 heteroatoms. The predicted molar refractivity (Wildman–Crippen MR) is 121 cm³/mol. The molecule has 1 amide bonds. The van der Waals surface area contributed by atoms with Gasteiger partial charge in [-0.15, -0.1) is 5.10 Å². The van der Waals surface area contributed by atoms with Crippen molar-refractivity contribution in [1.29, 1.82) is 0 Å². The molecule has 1 saturated heterocycles. The molecule has 0 atom stereocenters. The van der Waals surface area contributed by atoms with Crippen LogP contribution >= 0.6 is 0 Å². The van der Waals surface area contributed by atoms with Gasteiger partial charge in [-0.2, -0.15) is 13.2 Å². The van der Waals surface area contributed by atoms with Crippen LogP contribution in [0.2, 0.25) is 0 Å². The first kappa shape index (κ1) is 23.6. The Labute approximate surface area is 201 Å². The van der Waals surface area contributed by atoms with E-state index in [2.05, 4.69) is 20.3 Å². The standard InChI is InChI=1S/C24H20F4N6O2/c25-18-7-3-16(4-8-18)23(36)33-11-9-15(10-12-33)20-29-21-19(22(35)30-20)31-32-34(21)13-14-1-5-17(6-2-14)24(26,27)28/h1-8,15H,9-13H2,(H,29,30,35). The number of piperidine rings is 1. The van der Waals surface area contributed by atoms with Gasteiger partial charge in [0.25, 0.3) is 11.5 Å². The number of halogens is 4. The number of carbonyl (C=O) groups excluding carboxylic acids is 1. The third kappa shape index (κ3) is 4.70. The third-order valence-corrected chi connectivity index (χ3v) is 6.27. The molecule has 36 heavy (non-hydrogen) atoms. The first-order chi connectivity index (χ1) is 17.2. The molecule has 0 saturated carbocycles. The Morgan fingerprint density at radius 3 is 2.33 bits per heavy atom. The van der Waals surface area contributed by atoms with Crippen molar-refractivity contribution in [1.82, 2.24) is 29.9 Å². The quantitative estimate of drug-likeness (QED) is 0.431. The predicted octanol–water partition coefficient (Wildman–Crippen LogP) is 3.74. The molecule has 0 spiro atoms. The fourth-order valence-corrected chi connectivity index (χ4v) is 4.29. The van der Waals surface area contributed by atoms with Crippen molar-refractivity contribution < 1.29 is 22.4 Å². The number of H-pyrrole nitrogens is 1. The molecule has 0 unspecified atom stereocenters. The summed E-state index contributed by atoms with van der Waals surface area (Å²) in [4.78, 5) is 34.3. The highest BCUT2D eigenvalue weighted by molar-refractivity contribution is 5.94. The van der Waals surface area contributed by atoms with Crippen molar-refractivity contribution in [3.63, 3.8) is 0 Å². The number of aromatic amines is 1. The lowest BCUT2D eigenvalue weighted by atomic mass is 9.95. The van der Waals surface area contributed by atoms with Crippen LogP contribution in [-0.4, -0.2) is 48.9 Å². The second kappa shape index (κ2) is 9.17. The van der Waals surface area contributed by atoms with Crippen LogP contribution in [0.4, 0.5) is 17.6 Å². The molecular formula is C24H20F4N6O2. The van der Waals surface area contributed by atoms with Crippen molar-refractivity contribution in [2.24, 2.45) is 0 Å². The molecule has 0 radical (unpaired) electrons. The second-order valence-electron chi connectivity index (χ2n) is 8.64. The summed E-state index contributed by atoms with van der Waals surface area (Å²) in [7, 11) is 0. The lowest BCUT2D eigenvalue weighted by Gasteiger charge is -2.31. The second-order valence-corrected chi connectivity index (χ2v) is 8.64. The summed E-state index contributed by atoms with van der Waals surface area (Å²) >= 11 is 0. The summed E-state index contributed by atoms with van der Waals surface area (Å²) in [6.45, 7) is 0.965. The van der Waals surface area contributed by atoms with Gasteiger partial charge in [-0.1, -0.05) is 17.3 Å². The number of likely N-dealkylation sites (tertiary alicyclic amines) is 1. The normalized spacial score (nSPS) is 14.9. The van der Waals surface area contributed by atoms with Crippen LogP contribution in [0, 0.1) is 5.82 Å². The monoisotopic (exact) mass is 500 g/mol. The Morgan fingerprint density at radius 1 is 1.03 bits per heavy atom. The van der Waals surface area contributed by atoms with Gasteiger partial charge in [0.05, 0.1) is 12.1 Å². The van der Waals surface area contributed by atoms with E-state index in [1.807, 2.05) is 0 Å². The van der Waals surface area contributed by atoms with E-state index in [4.69, 9.17) is 0 Å². The molecule has 1 fully saturated rings. The van der Waals surface area contributed by atoms with Crippen LogP contribution in [0.15, 0.2) is 53.3 Å². The molecule has 8 nitrogen and oxygen atoms in total. The molecule has 2 aromatic heterocycles. The van der Waals surface area contributed by atoms with Gasteiger partial charge in [-0.25, -0.2) is 14.1 Å². The zero-order chi connectivity index (χ0) is 25.4. The number of amides is 1. The van der Waals surface area contributed by atoms with Gasteiger partial charge in [0.2, 0.25) is 0 Å². The van der Waals surface area contributed by atoms with E-state index >= 15 is 0 Å². The minimum Gasteiger partial charge on any atom is -0.339 e. The Kier molecular flexibility index (Phi) is 6.02. The number of carbonyl (C=O) groups is 1. The van der Waals surface area contributed by atoms with E-state index in [-0.39, 0.29) is 29.5 Å². The maximum Gasteiger partial charge on any atom is 0.416 e. The number of nitrogens with one attached hydrogen (secondary N) is 1. The molecule has 0 bridgehead atoms. The fraction of sp³-hybridized carbons (Fsp3) is 0.292. The number of hydrogen-bond acceptors (Lipinski definition) is 5. The van der Waals surface area contributed by atoms with E-state index < -0.39 is 23.1 Å². The summed E-state index contributed by atoms with van der Waals surface area (Å²) in [5.74, 6) is -0.280. The number of benzene rings is 2. The maximum absolute atomic E-state index is 13.1. The number of rotatable bonds is 4. The highest BCUT2D eigenvalue weighted by Gasteiger charge is 2.30. The van der Waals surface area contributed by atoms with Crippen LogP contribution in [0.5, 0.6) is 0 Å². The molecule has 186 valence electrons. The fourth-order valence-electron chi connectivity index (χ4n) is 4.29. The van der Waals surface area contributed by atoms with Crippen LogP contribution in [-0.2, 0) is 12.7 Å². The number of nitrogens with zero attached hydrogens (tertiary/aromatic N) is 5. The first-order valence-electron chi connectivity index (χ1n) is 11.2. The molecule has 1 N–H and O–H groups in total. The van der Waals surface area contributed by atoms with E-state index in [1.165, 1.54) is 41.1 Å². The van der Waals surface area contributed by atoms with Gasteiger partial charge < -0.3 is 9.88 Å². The lowest BCUT2D eigenvalue weighted by molar-refractivity contribution is -0.137. The molecule has 3 heterocycles. The van der Waals surface area contributed by atoms with Gasteiger partial charge in [0.1, 0.15) is 11.6 Å². The molecule has 4 aromatic rings. The van der Waals surface area contributed by atoms with Crippen molar-refractivity contribution in [3.8, 4) is 0 Å². The molecule has 1 aliphatic heterocycles. The van der Waals surface area contributed by atoms with Gasteiger partial charge in [-0.05, 0) is 54.8 Å². The third-order valence-electron chi connectivity index (χ3n) is 6.27. The smallest absolute Gasteiger partial charge is 0.339 e. The number of fused-ring (bicyclic) bond motifs is 1. The summed E-state index contributed by atoms with van der Waals surface area (Å²) in [6.07, 6.45) is -3.31. The van der Waals surface area contributed by atoms with Crippen molar-refractivity contribution in [2.75, 3.05) is 13.1 Å². The van der Waals surface area contributed by atoms with Crippen LogP contribution in [0.1, 0.15) is 46.1 Å². The van der Waals surface area contributed by atoms with E-state index in [0.717, 1.165) is 12.1 Å². The lowest BCUT2D eigenvalue weighted by Crippen LogP contribution is -2.38. The maximum atomic E-state index is 13.1. The summed E-state index contributed by atoms with van der Waals surface area (Å²) in [5.41, 5.74) is 0.00874. The summed E-state index contributed by atoms with van der Waals surface area (Å²) in [5, 5.41) is 7.85. The number of alkyl halides is 3. The Balaban J connectivity index is 1.32. The number of hydrogen-bond donors (Lipinski definition) is 1. The Morgan fingerprint density at radius 2 is 1.69 bits per heavy atom. The summed E-state index contributed by atoms with van der Waals surface area (Å²) in [6, 6.07) is 10.0. The topological polar surface area (TPSA) is 96.8 Å². The molecule has 2 aromatic carbocycles. The highest BCUT2D eigenvalue weighted by atomic mass is 19.4. The zero-order valence-electron chi connectivity index (χ0n) is 18.8. The highest BCUT2D eigenvalue weighted by Crippen LogP contribution is 2.29. The van der Waals surface area contributed by atoms with Crippen LogP contribution in [0.25, 0.3) is 11.2 Å². The van der Waals surface area contributed by atoms with Gasteiger partial charge in [0.15, 0.2) is 11.2 Å². The van der Waals surface area contributed by atoms with Crippen molar-refractivity contribution in [2.45, 2.75) is 31.5 Å². The molecular weight excluding hydrogens is 480 g/mol. The van der Waals surface area contributed by atoms with Gasteiger partial charge in [-0.3, -0.25) is 9.59 Å². The van der Waals surface area contributed by atoms with Crippen molar-refractivity contribution >= 4 is 17.1 Å². The zero-order valence-corrected chi connectivity index (χ0v) is 18.8. The van der Waals surface area contributed by atoms with Crippen LogP contribution < -0.4 is 5.56 Å². The van der Waals surface area contributed by atoms with E-state index in [0.29, 0.717) is 42.9 Å².